The molecule has 1 unspecified atom stereocenters. The molecule has 0 amide bonds. The molecule has 6 heavy (non-hydrogen) atoms. The zero-order valence-electron chi connectivity index (χ0n) is 3.59. The van der Waals surface area contributed by atoms with Gasteiger partial charge in [-0.1, -0.05) is 6.92 Å². The van der Waals surface area contributed by atoms with Crippen LogP contribution in [0.5, 0.6) is 0 Å². The van der Waals surface area contributed by atoms with Crippen molar-refractivity contribution in [2.24, 2.45) is 0 Å². The standard InChI is InChI=1S/C4H9S2/c1-2-4(6)3-5/h4-6H,1-3H2. The van der Waals surface area contributed by atoms with Gasteiger partial charge in [-0.25, -0.2) is 0 Å². The lowest BCUT2D eigenvalue weighted by Crippen LogP contribution is -1.95. The molecule has 0 rings (SSSR count). The second-order valence-electron chi connectivity index (χ2n) is 1.13. The second kappa shape index (κ2) is 3.88. The lowest BCUT2D eigenvalue weighted by molar-refractivity contribution is 1.00. The minimum atomic E-state index is 0.383. The Morgan fingerprint density at radius 2 is 2.17 bits per heavy atom. The van der Waals surface area contributed by atoms with Crippen molar-refractivity contribution in [1.29, 1.82) is 0 Å². The topological polar surface area (TPSA) is 0 Å². The molecule has 0 aromatic heterocycles. The Kier molecular flexibility index (Phi) is 4.33. The van der Waals surface area contributed by atoms with Gasteiger partial charge in [0.15, 0.2) is 0 Å². The Labute approximate surface area is 50.1 Å². The molecule has 0 aliphatic heterocycles. The zero-order valence-corrected chi connectivity index (χ0v) is 5.38. The van der Waals surface area contributed by atoms with E-state index in [9.17, 15) is 0 Å². The predicted octanol–water partition coefficient (Wildman–Crippen LogP) is 1.44. The van der Waals surface area contributed by atoms with E-state index < -0.39 is 0 Å². The zero-order chi connectivity index (χ0) is 4.99. The fourth-order valence-electron chi connectivity index (χ4n) is 0.0913. The van der Waals surface area contributed by atoms with Gasteiger partial charge >= 0.3 is 0 Å². The molecular weight excluding hydrogens is 112 g/mol. The van der Waals surface area contributed by atoms with Crippen molar-refractivity contribution < 1.29 is 0 Å². The smallest absolute Gasteiger partial charge is 0.0105 e. The molecule has 0 aliphatic rings. The molecule has 0 heterocycles. The Balaban J connectivity index is 2.75. The Morgan fingerprint density at radius 1 is 1.67 bits per heavy atom. The van der Waals surface area contributed by atoms with Crippen molar-refractivity contribution >= 4 is 25.3 Å². The van der Waals surface area contributed by atoms with Crippen molar-refractivity contribution in [2.45, 2.75) is 11.7 Å². The molecule has 0 N–H and O–H groups in total. The summed E-state index contributed by atoms with van der Waals surface area (Å²) in [6, 6.07) is 0. The van der Waals surface area contributed by atoms with Crippen LogP contribution in [0.4, 0.5) is 0 Å². The summed E-state index contributed by atoms with van der Waals surface area (Å²) >= 11 is 8.07. The molecule has 0 aliphatic carbocycles. The summed E-state index contributed by atoms with van der Waals surface area (Å²) in [5, 5.41) is 0.383. The van der Waals surface area contributed by atoms with Gasteiger partial charge in [0.1, 0.15) is 0 Å². The van der Waals surface area contributed by atoms with Crippen LogP contribution >= 0.6 is 25.3 Å². The minimum Gasteiger partial charge on any atom is -0.178 e. The first kappa shape index (κ1) is 6.70. The maximum Gasteiger partial charge on any atom is 0.0105 e. The third-order valence-electron chi connectivity index (χ3n) is 0.544. The molecular formula is C4H9S2. The number of rotatable bonds is 2. The van der Waals surface area contributed by atoms with Gasteiger partial charge in [-0.3, -0.25) is 0 Å². The fraction of sp³-hybridized carbons (Fsp3) is 0.750. The molecule has 0 spiro atoms. The van der Waals surface area contributed by atoms with E-state index in [1.165, 1.54) is 0 Å². The van der Waals surface area contributed by atoms with Gasteiger partial charge < -0.3 is 0 Å². The third-order valence-corrected chi connectivity index (χ3v) is 1.71. The summed E-state index contributed by atoms with van der Waals surface area (Å²) in [4.78, 5) is 0. The first-order valence-corrected chi connectivity index (χ1v) is 3.04. The number of hydrogen-bond donors (Lipinski definition) is 2. The maximum atomic E-state index is 4.09. The van der Waals surface area contributed by atoms with Gasteiger partial charge in [-0.15, -0.1) is 0 Å². The first-order chi connectivity index (χ1) is 2.81. The second-order valence-corrected chi connectivity index (χ2v) is 2.22. The highest BCUT2D eigenvalue weighted by Crippen LogP contribution is 1.99. The summed E-state index contributed by atoms with van der Waals surface area (Å²) in [5.74, 6) is 0.826. The van der Waals surface area contributed by atoms with Crippen molar-refractivity contribution in [3.05, 3.63) is 6.92 Å². The predicted molar refractivity (Wildman–Crippen MR) is 36.6 cm³/mol. The molecule has 0 saturated heterocycles. The molecule has 2 heteroatoms. The summed E-state index contributed by atoms with van der Waals surface area (Å²) in [7, 11) is 0. The largest absolute Gasteiger partial charge is 0.178 e. The normalized spacial score (nSPS) is 14.5. The highest BCUT2D eigenvalue weighted by molar-refractivity contribution is 7.84. The van der Waals surface area contributed by atoms with Crippen molar-refractivity contribution in [3.8, 4) is 0 Å². The van der Waals surface area contributed by atoms with Crippen LogP contribution < -0.4 is 0 Å². The monoisotopic (exact) mass is 121 g/mol. The first-order valence-electron chi connectivity index (χ1n) is 1.89. The van der Waals surface area contributed by atoms with E-state index in [1.807, 2.05) is 0 Å². The fourth-order valence-corrected chi connectivity index (χ4v) is 0.274. The average Bonchev–Trinajstić information content (AvgIpc) is 1.65. The summed E-state index contributed by atoms with van der Waals surface area (Å²) in [5.41, 5.74) is 0. The van der Waals surface area contributed by atoms with E-state index in [4.69, 9.17) is 0 Å². The summed E-state index contributed by atoms with van der Waals surface area (Å²) in [6.45, 7) is 3.63. The molecule has 0 saturated carbocycles. The van der Waals surface area contributed by atoms with Crippen molar-refractivity contribution in [1.82, 2.24) is 0 Å². The van der Waals surface area contributed by atoms with Gasteiger partial charge in [0.2, 0.25) is 0 Å². The minimum absolute atomic E-state index is 0.383. The lowest BCUT2D eigenvalue weighted by atomic mass is 10.4. The van der Waals surface area contributed by atoms with Crippen LogP contribution in [0.1, 0.15) is 6.42 Å². The maximum absolute atomic E-state index is 4.09. The van der Waals surface area contributed by atoms with E-state index in [0.717, 1.165) is 12.2 Å². The van der Waals surface area contributed by atoms with Gasteiger partial charge in [0, 0.05) is 11.0 Å². The molecule has 0 bridgehead atoms. The molecule has 0 aromatic carbocycles. The van der Waals surface area contributed by atoms with E-state index in [2.05, 4.69) is 32.2 Å². The lowest BCUT2D eigenvalue weighted by Gasteiger charge is -1.97. The molecule has 1 atom stereocenters. The van der Waals surface area contributed by atoms with Gasteiger partial charge in [0.25, 0.3) is 0 Å². The van der Waals surface area contributed by atoms with Crippen molar-refractivity contribution in [2.75, 3.05) is 5.75 Å². The van der Waals surface area contributed by atoms with Crippen LogP contribution in [-0.4, -0.2) is 11.0 Å². The summed E-state index contributed by atoms with van der Waals surface area (Å²) < 4.78 is 0. The van der Waals surface area contributed by atoms with Crippen LogP contribution in [0, 0.1) is 6.92 Å². The number of hydrogen-bond acceptors (Lipinski definition) is 2. The van der Waals surface area contributed by atoms with E-state index in [-0.39, 0.29) is 0 Å². The van der Waals surface area contributed by atoms with Crippen LogP contribution in [-0.2, 0) is 0 Å². The SMILES string of the molecule is [CH2]CC(S)CS. The summed E-state index contributed by atoms with van der Waals surface area (Å²) in [6.07, 6.45) is 0.868. The Hall–Kier alpha value is 0.700. The number of thiol groups is 2. The van der Waals surface area contributed by atoms with Crippen LogP contribution in [0.25, 0.3) is 0 Å². The van der Waals surface area contributed by atoms with Gasteiger partial charge in [-0.05, 0) is 6.42 Å². The van der Waals surface area contributed by atoms with Crippen molar-refractivity contribution in [3.63, 3.8) is 0 Å². The van der Waals surface area contributed by atoms with E-state index in [1.54, 1.807) is 0 Å². The average molecular weight is 121 g/mol. The third kappa shape index (κ3) is 2.91. The van der Waals surface area contributed by atoms with Crippen LogP contribution in [0.2, 0.25) is 0 Å². The van der Waals surface area contributed by atoms with Gasteiger partial charge in [-0.2, -0.15) is 25.3 Å². The van der Waals surface area contributed by atoms with Crippen LogP contribution in [0.15, 0.2) is 0 Å². The van der Waals surface area contributed by atoms with E-state index in [0.29, 0.717) is 5.25 Å². The van der Waals surface area contributed by atoms with Gasteiger partial charge in [0.05, 0.1) is 0 Å². The molecule has 0 nitrogen and oxygen atoms in total. The van der Waals surface area contributed by atoms with E-state index >= 15 is 0 Å². The van der Waals surface area contributed by atoms with Crippen LogP contribution in [0.3, 0.4) is 0 Å². The highest BCUT2D eigenvalue weighted by Gasteiger charge is 1.90. The molecule has 0 fully saturated rings. The Bertz CT molecular complexity index is 24.7. The Morgan fingerprint density at radius 3 is 2.17 bits per heavy atom. The quantitative estimate of drug-likeness (QED) is 0.507. The molecule has 37 valence electrons. The molecule has 1 radical (unpaired) electrons. The molecule has 0 aromatic rings. The highest BCUT2D eigenvalue weighted by atomic mass is 32.1.